The monoisotopic (exact) mass is 1130 g/mol. The molecule has 0 spiro atoms. The van der Waals surface area contributed by atoms with E-state index in [4.69, 9.17) is 8.83 Å². The summed E-state index contributed by atoms with van der Waals surface area (Å²) in [6, 6.07) is 94.9. The Morgan fingerprint density at radius 3 is 1.05 bits per heavy atom. The van der Waals surface area contributed by atoms with Crippen LogP contribution in [0.3, 0.4) is 0 Å². The van der Waals surface area contributed by atoms with Gasteiger partial charge in [0.1, 0.15) is 11.2 Å². The summed E-state index contributed by atoms with van der Waals surface area (Å²) in [7, 11) is 0. The predicted molar refractivity (Wildman–Crippen MR) is 372 cm³/mol. The first kappa shape index (κ1) is 51.1. The highest BCUT2D eigenvalue weighted by molar-refractivity contribution is 6.33. The molecule has 0 bridgehead atoms. The number of furan rings is 2. The number of anilines is 6. The van der Waals surface area contributed by atoms with Gasteiger partial charge in [-0.3, -0.25) is 0 Å². The van der Waals surface area contributed by atoms with Gasteiger partial charge in [0.05, 0.1) is 22.7 Å². The Morgan fingerprint density at radius 1 is 0.261 bits per heavy atom. The number of para-hydroxylation sites is 4. The van der Waals surface area contributed by atoms with E-state index in [1.165, 1.54) is 140 Å². The fraction of sp³-hybridized carbons (Fsp3) is 0.143. The van der Waals surface area contributed by atoms with Gasteiger partial charge in [-0.05, 0) is 164 Å². The Kier molecular flexibility index (Phi) is 12.1. The number of rotatable bonds is 10. The van der Waals surface area contributed by atoms with Crippen LogP contribution in [-0.4, -0.2) is 0 Å². The van der Waals surface area contributed by atoms with E-state index >= 15 is 0 Å². The second-order valence-corrected chi connectivity index (χ2v) is 25.0. The highest BCUT2D eigenvalue weighted by Crippen LogP contribution is 2.55. The van der Waals surface area contributed by atoms with Crippen molar-refractivity contribution in [3.8, 4) is 22.3 Å². The molecule has 0 amide bonds. The third-order valence-electron chi connectivity index (χ3n) is 20.1. The molecular formula is C84H64N2O2. The summed E-state index contributed by atoms with van der Waals surface area (Å²) in [6.45, 7) is 0. The molecule has 0 unspecified atom stereocenters. The lowest BCUT2D eigenvalue weighted by molar-refractivity contribution is 0.442. The first-order valence-electron chi connectivity index (χ1n) is 32.0. The van der Waals surface area contributed by atoms with Crippen molar-refractivity contribution in [3.05, 3.63) is 266 Å². The van der Waals surface area contributed by atoms with Crippen LogP contribution in [0.25, 0.3) is 120 Å². The fourth-order valence-corrected chi connectivity index (χ4v) is 16.1. The molecular weight excluding hydrogens is 1070 g/mol. The van der Waals surface area contributed by atoms with Crippen molar-refractivity contribution in [1.82, 2.24) is 0 Å². The van der Waals surface area contributed by atoms with E-state index in [-0.39, 0.29) is 0 Å². The van der Waals surface area contributed by atoms with E-state index in [0.29, 0.717) is 11.8 Å². The van der Waals surface area contributed by atoms with Gasteiger partial charge in [-0.1, -0.05) is 233 Å². The van der Waals surface area contributed by atoms with Crippen molar-refractivity contribution in [2.45, 2.75) is 76.0 Å². The van der Waals surface area contributed by atoms with Crippen LogP contribution >= 0.6 is 0 Å². The summed E-state index contributed by atoms with van der Waals surface area (Å²) in [5, 5.41) is 16.9. The summed E-state index contributed by atoms with van der Waals surface area (Å²) in [6.07, 6.45) is 12.3. The number of fused-ring (bicyclic) bond motifs is 10. The van der Waals surface area contributed by atoms with Crippen LogP contribution in [0.4, 0.5) is 34.1 Å². The third kappa shape index (κ3) is 8.04. The first-order chi connectivity index (χ1) is 43.7. The van der Waals surface area contributed by atoms with Crippen molar-refractivity contribution in [3.63, 3.8) is 0 Å². The standard InChI is InChI=1S/C84H64N2O2/c1-7-25-53(26-8-1)69-51-75(85(59-35-15-5-16-36-59)73-43-23-41-67-79-61-39-21-19-33-57(61)49-71(83(79)87-81(67)73)55-29-11-3-12-30-55)65-48-46-64-70(54-27-9-2-10-28-54)52-76(66-47-45-63(69)77(65)78(64)66)86(60-37-17-6-18-38-60)74-44-24-42-68-80-62-40-22-20-34-58(62)50-72(84(80)88-82(68)74)56-31-13-4-14-32-56/h1-2,5-10,15-28,33-52,55-56H,3-4,11-14,29-32H2. The predicted octanol–water partition coefficient (Wildman–Crippen LogP) is 25.1. The van der Waals surface area contributed by atoms with Crippen LogP contribution < -0.4 is 9.80 Å². The van der Waals surface area contributed by atoms with Gasteiger partial charge in [-0.25, -0.2) is 0 Å². The molecule has 422 valence electrons. The molecule has 0 aliphatic heterocycles. The van der Waals surface area contributed by atoms with E-state index in [1.807, 2.05) is 0 Å². The molecule has 2 aliphatic carbocycles. The summed E-state index contributed by atoms with van der Waals surface area (Å²) in [4.78, 5) is 4.99. The highest BCUT2D eigenvalue weighted by Gasteiger charge is 2.31. The second-order valence-electron chi connectivity index (χ2n) is 25.0. The van der Waals surface area contributed by atoms with Crippen molar-refractivity contribution >= 4 is 132 Å². The summed E-state index contributed by atoms with van der Waals surface area (Å²) in [5.74, 6) is 0.909. The van der Waals surface area contributed by atoms with E-state index in [1.54, 1.807) is 0 Å². The highest BCUT2D eigenvalue weighted by atomic mass is 16.3. The topological polar surface area (TPSA) is 32.8 Å². The minimum atomic E-state index is 0.454. The maximum atomic E-state index is 7.58. The van der Waals surface area contributed by atoms with Gasteiger partial charge in [0.25, 0.3) is 0 Å². The van der Waals surface area contributed by atoms with Crippen LogP contribution in [0.1, 0.15) is 87.2 Å². The van der Waals surface area contributed by atoms with Gasteiger partial charge in [-0.2, -0.15) is 0 Å². The molecule has 14 aromatic carbocycles. The molecule has 2 fully saturated rings. The molecule has 2 aliphatic rings. The Hall–Kier alpha value is -10.2. The molecule has 0 N–H and O–H groups in total. The van der Waals surface area contributed by atoms with Crippen molar-refractivity contribution in [1.29, 1.82) is 0 Å². The van der Waals surface area contributed by atoms with Crippen LogP contribution in [0.15, 0.2) is 264 Å². The average Bonchev–Trinajstić information content (AvgIpc) is 0.918. The van der Waals surface area contributed by atoms with Crippen LogP contribution in [0.2, 0.25) is 0 Å². The number of hydrogen-bond acceptors (Lipinski definition) is 4. The molecule has 0 saturated heterocycles. The van der Waals surface area contributed by atoms with Crippen molar-refractivity contribution in [2.75, 3.05) is 9.80 Å². The largest absolute Gasteiger partial charge is 0.454 e. The maximum absolute atomic E-state index is 7.58. The molecule has 18 rings (SSSR count). The SMILES string of the molecule is c1ccc(-c2cc(N(c3ccccc3)c3cccc4c3oc3c(C5CCCCC5)cc5ccccc5c34)c3ccc4c(-c5ccccc5)cc(N(c5ccccc5)c5cccc6c5oc5c(C7CCCCC7)cc7ccccc7c56)c5ccc2c3c45)cc1. The zero-order valence-corrected chi connectivity index (χ0v) is 49.2. The minimum Gasteiger partial charge on any atom is -0.454 e. The molecule has 16 aromatic rings. The molecule has 2 saturated carbocycles. The lowest BCUT2D eigenvalue weighted by atomic mass is 9.82. The molecule has 88 heavy (non-hydrogen) atoms. The molecule has 0 atom stereocenters. The normalized spacial score (nSPS) is 14.5. The molecule has 2 heterocycles. The Balaban J connectivity index is 0.947. The number of nitrogens with zero attached hydrogens (tertiary/aromatic N) is 2. The average molecular weight is 1130 g/mol. The zero-order valence-electron chi connectivity index (χ0n) is 49.2. The summed E-state index contributed by atoms with van der Waals surface area (Å²) < 4.78 is 15.2. The summed E-state index contributed by atoms with van der Waals surface area (Å²) >= 11 is 0. The first-order valence-corrected chi connectivity index (χ1v) is 32.0. The van der Waals surface area contributed by atoms with Gasteiger partial charge in [0.2, 0.25) is 0 Å². The molecule has 2 aromatic heterocycles. The Morgan fingerprint density at radius 2 is 0.625 bits per heavy atom. The van der Waals surface area contributed by atoms with Crippen molar-refractivity contribution in [2.24, 2.45) is 0 Å². The van der Waals surface area contributed by atoms with E-state index in [0.717, 1.165) is 89.1 Å². The minimum absolute atomic E-state index is 0.454. The maximum Gasteiger partial charge on any atom is 0.159 e. The van der Waals surface area contributed by atoms with Crippen LogP contribution in [0, 0.1) is 0 Å². The second kappa shape index (κ2) is 20.8. The Bertz CT molecular complexity index is 5010. The van der Waals surface area contributed by atoms with Crippen LogP contribution in [0.5, 0.6) is 0 Å². The number of hydrogen-bond donors (Lipinski definition) is 0. The van der Waals surface area contributed by atoms with Crippen LogP contribution in [-0.2, 0) is 0 Å². The van der Waals surface area contributed by atoms with Gasteiger partial charge in [0.15, 0.2) is 11.2 Å². The number of benzene rings is 14. The third-order valence-corrected chi connectivity index (χ3v) is 20.1. The van der Waals surface area contributed by atoms with Gasteiger partial charge < -0.3 is 18.6 Å². The molecule has 4 nitrogen and oxygen atoms in total. The van der Waals surface area contributed by atoms with Gasteiger partial charge in [0, 0.05) is 54.5 Å². The zero-order chi connectivity index (χ0) is 57.8. The van der Waals surface area contributed by atoms with E-state index < -0.39 is 0 Å². The lowest BCUT2D eigenvalue weighted by Gasteiger charge is -2.31. The van der Waals surface area contributed by atoms with Gasteiger partial charge >= 0.3 is 0 Å². The van der Waals surface area contributed by atoms with E-state index in [9.17, 15) is 0 Å². The van der Waals surface area contributed by atoms with Crippen molar-refractivity contribution < 1.29 is 8.83 Å². The Labute approximate surface area is 511 Å². The molecule has 0 radical (unpaired) electrons. The van der Waals surface area contributed by atoms with Gasteiger partial charge in [-0.15, -0.1) is 0 Å². The smallest absolute Gasteiger partial charge is 0.159 e. The lowest BCUT2D eigenvalue weighted by Crippen LogP contribution is -2.12. The quantitative estimate of drug-likeness (QED) is 0.128. The summed E-state index contributed by atoms with van der Waals surface area (Å²) in [5.41, 5.74) is 17.5. The van der Waals surface area contributed by atoms with E-state index in [2.05, 4.69) is 265 Å². The fourth-order valence-electron chi connectivity index (χ4n) is 16.1. The molecule has 4 heteroatoms.